The van der Waals surface area contributed by atoms with Gasteiger partial charge in [-0.2, -0.15) is 13.2 Å². The SMILES string of the molecule is CC(C)N(CCOc1ccc(NC(=O)COc2ccc(C(F)(F)F)cc2Cl)cc1Cl)C(C)C. The van der Waals surface area contributed by atoms with Crippen molar-refractivity contribution in [3.63, 3.8) is 0 Å². The number of amides is 1. The number of alkyl halides is 3. The second kappa shape index (κ2) is 11.8. The molecule has 0 unspecified atom stereocenters. The molecule has 0 aliphatic carbocycles. The summed E-state index contributed by atoms with van der Waals surface area (Å²) in [6.07, 6.45) is -4.52. The number of nitrogens with zero attached hydrogens (tertiary/aromatic N) is 1. The lowest BCUT2D eigenvalue weighted by atomic mass is 10.2. The molecule has 0 bridgehead atoms. The van der Waals surface area contributed by atoms with Gasteiger partial charge in [-0.1, -0.05) is 23.2 Å². The molecule has 0 aliphatic rings. The zero-order valence-corrected chi connectivity index (χ0v) is 20.3. The van der Waals surface area contributed by atoms with Gasteiger partial charge < -0.3 is 14.8 Å². The van der Waals surface area contributed by atoms with Crippen LogP contribution in [0.3, 0.4) is 0 Å². The second-order valence-corrected chi connectivity index (χ2v) is 8.71. The molecule has 0 spiro atoms. The molecule has 0 aliphatic heterocycles. The van der Waals surface area contributed by atoms with E-state index in [9.17, 15) is 18.0 Å². The lowest BCUT2D eigenvalue weighted by Gasteiger charge is -2.30. The van der Waals surface area contributed by atoms with Gasteiger partial charge >= 0.3 is 6.18 Å². The van der Waals surface area contributed by atoms with Crippen LogP contribution in [0.5, 0.6) is 11.5 Å². The number of halogens is 5. The van der Waals surface area contributed by atoms with Crippen LogP contribution in [0.2, 0.25) is 10.0 Å². The molecule has 0 radical (unpaired) electrons. The van der Waals surface area contributed by atoms with E-state index in [-0.39, 0.29) is 10.8 Å². The lowest BCUT2D eigenvalue weighted by molar-refractivity contribution is -0.137. The van der Waals surface area contributed by atoms with Gasteiger partial charge in [0.1, 0.15) is 18.1 Å². The molecule has 1 amide bonds. The van der Waals surface area contributed by atoms with Gasteiger partial charge in [0.15, 0.2) is 6.61 Å². The maximum Gasteiger partial charge on any atom is 0.416 e. The third kappa shape index (κ3) is 8.28. The molecule has 2 aromatic carbocycles. The molecule has 0 atom stereocenters. The fourth-order valence-electron chi connectivity index (χ4n) is 3.20. The van der Waals surface area contributed by atoms with E-state index in [1.54, 1.807) is 18.2 Å². The summed E-state index contributed by atoms with van der Waals surface area (Å²) in [6.45, 7) is 9.26. The van der Waals surface area contributed by atoms with E-state index in [1.807, 2.05) is 0 Å². The summed E-state index contributed by atoms with van der Waals surface area (Å²) >= 11 is 12.1. The fraction of sp³-hybridized carbons (Fsp3) is 0.435. The topological polar surface area (TPSA) is 50.8 Å². The molecule has 2 aromatic rings. The summed E-state index contributed by atoms with van der Waals surface area (Å²) in [5.41, 5.74) is -0.479. The van der Waals surface area contributed by atoms with Crippen LogP contribution in [0, 0.1) is 0 Å². The first kappa shape index (κ1) is 27.1. The van der Waals surface area contributed by atoms with E-state index in [4.69, 9.17) is 32.7 Å². The molecule has 1 N–H and O–H groups in total. The fourth-order valence-corrected chi connectivity index (χ4v) is 3.67. The highest BCUT2D eigenvalue weighted by atomic mass is 35.5. The number of ether oxygens (including phenoxy) is 2. The summed E-state index contributed by atoms with van der Waals surface area (Å²) in [7, 11) is 0. The van der Waals surface area contributed by atoms with Gasteiger partial charge in [0, 0.05) is 24.3 Å². The van der Waals surface area contributed by atoms with Crippen LogP contribution in [0.1, 0.15) is 33.3 Å². The summed E-state index contributed by atoms with van der Waals surface area (Å²) in [5.74, 6) is -0.0615. The van der Waals surface area contributed by atoms with Gasteiger partial charge in [-0.15, -0.1) is 0 Å². The van der Waals surface area contributed by atoms with Crippen molar-refractivity contribution in [2.45, 2.75) is 46.0 Å². The van der Waals surface area contributed by atoms with E-state index in [2.05, 4.69) is 37.9 Å². The number of rotatable bonds is 10. The Hall–Kier alpha value is -2.16. The molecule has 0 aromatic heterocycles. The molecule has 182 valence electrons. The van der Waals surface area contributed by atoms with Crippen molar-refractivity contribution >= 4 is 34.8 Å². The first-order chi connectivity index (χ1) is 15.4. The van der Waals surface area contributed by atoms with Crippen LogP contribution in [0.15, 0.2) is 36.4 Å². The highest BCUT2D eigenvalue weighted by Gasteiger charge is 2.31. The predicted octanol–water partition coefficient (Wildman–Crippen LogP) is 6.53. The number of carbonyl (C=O) groups excluding carboxylic acids is 1. The molecule has 0 fully saturated rings. The Morgan fingerprint density at radius 1 is 0.970 bits per heavy atom. The van der Waals surface area contributed by atoms with Crippen LogP contribution >= 0.6 is 23.2 Å². The number of hydrogen-bond donors (Lipinski definition) is 1. The predicted molar refractivity (Wildman–Crippen MR) is 125 cm³/mol. The van der Waals surface area contributed by atoms with Crippen molar-refractivity contribution in [2.75, 3.05) is 25.1 Å². The number of carbonyl (C=O) groups is 1. The minimum absolute atomic E-state index is 0.0292. The normalized spacial score (nSPS) is 11.9. The van der Waals surface area contributed by atoms with E-state index >= 15 is 0 Å². The zero-order valence-electron chi connectivity index (χ0n) is 18.8. The summed E-state index contributed by atoms with van der Waals surface area (Å²) in [5, 5.41) is 2.70. The van der Waals surface area contributed by atoms with Crippen molar-refractivity contribution < 1.29 is 27.4 Å². The minimum Gasteiger partial charge on any atom is -0.491 e. The highest BCUT2D eigenvalue weighted by molar-refractivity contribution is 6.32. The quantitative estimate of drug-likeness (QED) is 0.398. The molecule has 33 heavy (non-hydrogen) atoms. The number of benzene rings is 2. The molecule has 0 saturated heterocycles. The maximum absolute atomic E-state index is 12.7. The Morgan fingerprint density at radius 2 is 1.55 bits per heavy atom. The molecule has 0 heterocycles. The number of hydrogen-bond acceptors (Lipinski definition) is 4. The van der Waals surface area contributed by atoms with Gasteiger partial charge in [-0.25, -0.2) is 0 Å². The first-order valence-electron chi connectivity index (χ1n) is 10.4. The van der Waals surface area contributed by atoms with Gasteiger partial charge in [-0.05, 0) is 64.1 Å². The molecule has 10 heteroatoms. The number of nitrogens with one attached hydrogen (secondary N) is 1. The Balaban J connectivity index is 1.88. The van der Waals surface area contributed by atoms with Gasteiger partial charge in [0.2, 0.25) is 0 Å². The third-order valence-electron chi connectivity index (χ3n) is 4.77. The molecule has 5 nitrogen and oxygen atoms in total. The van der Waals surface area contributed by atoms with Crippen LogP contribution < -0.4 is 14.8 Å². The Morgan fingerprint density at radius 3 is 2.09 bits per heavy atom. The average molecular weight is 507 g/mol. The van der Waals surface area contributed by atoms with Crippen molar-refractivity contribution in [3.8, 4) is 11.5 Å². The zero-order chi connectivity index (χ0) is 24.8. The average Bonchev–Trinajstić information content (AvgIpc) is 2.70. The van der Waals surface area contributed by atoms with E-state index in [1.165, 1.54) is 0 Å². The Bertz CT molecular complexity index is 945. The summed E-state index contributed by atoms with van der Waals surface area (Å²) in [6, 6.07) is 8.26. The van der Waals surface area contributed by atoms with Crippen molar-refractivity contribution in [3.05, 3.63) is 52.0 Å². The smallest absolute Gasteiger partial charge is 0.416 e. The van der Waals surface area contributed by atoms with Crippen molar-refractivity contribution in [1.82, 2.24) is 4.90 Å². The minimum atomic E-state index is -4.52. The van der Waals surface area contributed by atoms with E-state index in [0.29, 0.717) is 35.2 Å². The van der Waals surface area contributed by atoms with Crippen molar-refractivity contribution in [2.24, 2.45) is 0 Å². The van der Waals surface area contributed by atoms with E-state index < -0.39 is 24.3 Å². The molecule has 0 saturated carbocycles. The van der Waals surface area contributed by atoms with Crippen LogP contribution in [0.25, 0.3) is 0 Å². The third-order valence-corrected chi connectivity index (χ3v) is 5.36. The van der Waals surface area contributed by atoms with E-state index in [0.717, 1.165) is 24.7 Å². The standard InChI is InChI=1S/C23H27Cl2F3N2O3/c1-14(2)30(15(3)4)9-10-32-20-8-6-17(12-19(20)25)29-22(31)13-33-21-7-5-16(11-18(21)24)23(26,27)28/h5-8,11-12,14-15H,9-10,13H2,1-4H3,(H,29,31). The highest BCUT2D eigenvalue weighted by Crippen LogP contribution is 2.34. The van der Waals surface area contributed by atoms with Gasteiger partial charge in [0.25, 0.3) is 5.91 Å². The van der Waals surface area contributed by atoms with Crippen LogP contribution in [-0.4, -0.2) is 42.6 Å². The lowest BCUT2D eigenvalue weighted by Crippen LogP contribution is -2.39. The second-order valence-electron chi connectivity index (χ2n) is 7.90. The summed E-state index contributed by atoms with van der Waals surface area (Å²) in [4.78, 5) is 14.5. The van der Waals surface area contributed by atoms with Crippen LogP contribution in [-0.2, 0) is 11.0 Å². The molecular weight excluding hydrogens is 480 g/mol. The monoisotopic (exact) mass is 506 g/mol. The van der Waals surface area contributed by atoms with Crippen molar-refractivity contribution in [1.29, 1.82) is 0 Å². The van der Waals surface area contributed by atoms with Gasteiger partial charge in [-0.3, -0.25) is 9.69 Å². The Kier molecular flexibility index (Phi) is 9.70. The van der Waals surface area contributed by atoms with Crippen LogP contribution in [0.4, 0.5) is 18.9 Å². The summed E-state index contributed by atoms with van der Waals surface area (Å²) < 4.78 is 49.1. The molecule has 2 rings (SSSR count). The number of anilines is 1. The Labute approximate surface area is 201 Å². The van der Waals surface area contributed by atoms with Gasteiger partial charge in [0.05, 0.1) is 15.6 Å². The largest absolute Gasteiger partial charge is 0.491 e. The first-order valence-corrected chi connectivity index (χ1v) is 11.1. The molecular formula is C23H27Cl2F3N2O3. The maximum atomic E-state index is 12.7.